The lowest BCUT2D eigenvalue weighted by Crippen LogP contribution is -2.22. The van der Waals surface area contributed by atoms with Gasteiger partial charge in [0, 0.05) is 11.7 Å². The zero-order valence-corrected chi connectivity index (χ0v) is 17.1. The van der Waals surface area contributed by atoms with Gasteiger partial charge in [-0.2, -0.15) is 0 Å². The monoisotopic (exact) mass is 401 g/mol. The molecule has 0 amide bonds. The second-order valence-corrected chi connectivity index (χ2v) is 8.17. The maximum Gasteiger partial charge on any atom is 0.0711 e. The molecule has 0 unspecified atom stereocenters. The standard InChI is InChI=1S/C18H27FN2.C6H6FN/c19-21-18-13-16(20-15-9-5-2-6-10-15)11-12-17(18)14-7-3-1-4-8-14;7-8-6-4-2-1-3-5-6/h11-15,20-21H,1-10H2;1-5,8H. The summed E-state index contributed by atoms with van der Waals surface area (Å²) in [5.41, 5.74) is 6.84. The third-order valence-electron chi connectivity index (χ3n) is 6.06. The molecule has 29 heavy (non-hydrogen) atoms. The summed E-state index contributed by atoms with van der Waals surface area (Å²) in [6, 6.07) is 15.5. The van der Waals surface area contributed by atoms with Crippen LogP contribution in [0.5, 0.6) is 0 Å². The van der Waals surface area contributed by atoms with E-state index in [0.29, 0.717) is 23.3 Å². The molecule has 0 radical (unpaired) electrons. The zero-order chi connectivity index (χ0) is 20.3. The molecular weight excluding hydrogens is 368 g/mol. The van der Waals surface area contributed by atoms with Gasteiger partial charge in [-0.1, -0.05) is 62.8 Å². The fourth-order valence-corrected chi connectivity index (χ4v) is 4.48. The molecule has 158 valence electrons. The predicted molar refractivity (Wildman–Crippen MR) is 119 cm³/mol. The SMILES string of the molecule is FNc1cc(NC2CCCCC2)ccc1C1CCCCC1.FNc1ccccc1. The molecule has 2 aliphatic carbocycles. The lowest BCUT2D eigenvalue weighted by Gasteiger charge is -2.26. The number of para-hydroxylation sites is 1. The molecule has 0 spiro atoms. The van der Waals surface area contributed by atoms with E-state index in [1.807, 2.05) is 17.7 Å². The van der Waals surface area contributed by atoms with Gasteiger partial charge in [-0.15, -0.1) is 8.96 Å². The first-order valence-electron chi connectivity index (χ1n) is 11.0. The van der Waals surface area contributed by atoms with Crippen molar-refractivity contribution >= 4 is 17.1 Å². The Morgan fingerprint density at radius 1 is 0.655 bits per heavy atom. The fraction of sp³-hybridized carbons (Fsp3) is 0.500. The number of halogens is 2. The molecule has 0 aromatic heterocycles. The van der Waals surface area contributed by atoms with Gasteiger partial charge in [0.25, 0.3) is 0 Å². The Bertz CT molecular complexity index is 711. The molecule has 0 aliphatic heterocycles. The number of hydrogen-bond donors (Lipinski definition) is 3. The van der Waals surface area contributed by atoms with Crippen molar-refractivity contribution in [2.75, 3.05) is 16.4 Å². The fourth-order valence-electron chi connectivity index (χ4n) is 4.48. The van der Waals surface area contributed by atoms with Gasteiger partial charge in [-0.05, 0) is 61.4 Å². The van der Waals surface area contributed by atoms with Gasteiger partial charge in [-0.25, -0.2) is 11.1 Å². The Morgan fingerprint density at radius 3 is 1.90 bits per heavy atom. The van der Waals surface area contributed by atoms with Crippen LogP contribution in [0.2, 0.25) is 0 Å². The highest BCUT2D eigenvalue weighted by Crippen LogP contribution is 2.38. The van der Waals surface area contributed by atoms with Crippen molar-refractivity contribution in [2.45, 2.75) is 76.2 Å². The van der Waals surface area contributed by atoms with Gasteiger partial charge in [0.05, 0.1) is 11.4 Å². The van der Waals surface area contributed by atoms with E-state index in [-0.39, 0.29) is 0 Å². The van der Waals surface area contributed by atoms with Gasteiger partial charge >= 0.3 is 0 Å². The molecule has 3 nitrogen and oxygen atoms in total. The quantitative estimate of drug-likeness (QED) is 0.448. The highest BCUT2D eigenvalue weighted by atomic mass is 19.2. The molecule has 0 bridgehead atoms. The Morgan fingerprint density at radius 2 is 1.31 bits per heavy atom. The Hall–Kier alpha value is -2.30. The molecule has 0 saturated heterocycles. The second kappa shape index (κ2) is 11.6. The first-order chi connectivity index (χ1) is 14.3. The third-order valence-corrected chi connectivity index (χ3v) is 6.06. The summed E-state index contributed by atoms with van der Waals surface area (Å²) >= 11 is 0. The van der Waals surface area contributed by atoms with E-state index in [1.54, 1.807) is 24.3 Å². The molecule has 0 heterocycles. The van der Waals surface area contributed by atoms with Gasteiger partial charge < -0.3 is 5.32 Å². The highest BCUT2D eigenvalue weighted by molar-refractivity contribution is 5.62. The van der Waals surface area contributed by atoms with Crippen LogP contribution in [0.25, 0.3) is 0 Å². The first kappa shape index (κ1) is 21.4. The Labute approximate surface area is 173 Å². The van der Waals surface area contributed by atoms with Gasteiger partial charge in [0.1, 0.15) is 0 Å². The summed E-state index contributed by atoms with van der Waals surface area (Å²) < 4.78 is 24.7. The smallest absolute Gasteiger partial charge is 0.0711 e. The van der Waals surface area contributed by atoms with Crippen LogP contribution in [0.1, 0.15) is 75.7 Å². The Kier molecular flexibility index (Phi) is 8.59. The predicted octanol–water partition coefficient (Wildman–Crippen LogP) is 7.76. The van der Waals surface area contributed by atoms with Gasteiger partial charge in [0.2, 0.25) is 0 Å². The van der Waals surface area contributed by atoms with Crippen molar-refractivity contribution in [3.63, 3.8) is 0 Å². The van der Waals surface area contributed by atoms with Gasteiger partial charge in [-0.3, -0.25) is 0 Å². The third kappa shape index (κ3) is 6.62. The van der Waals surface area contributed by atoms with Crippen LogP contribution < -0.4 is 16.4 Å². The molecule has 5 heteroatoms. The van der Waals surface area contributed by atoms with Crippen LogP contribution in [0.15, 0.2) is 48.5 Å². The lowest BCUT2D eigenvalue weighted by molar-refractivity contribution is 0.443. The summed E-state index contributed by atoms with van der Waals surface area (Å²) in [4.78, 5) is 0. The average Bonchev–Trinajstić information content (AvgIpc) is 2.81. The van der Waals surface area contributed by atoms with Crippen molar-refractivity contribution in [1.82, 2.24) is 0 Å². The van der Waals surface area contributed by atoms with E-state index >= 15 is 0 Å². The molecule has 0 atom stereocenters. The lowest BCUT2D eigenvalue weighted by atomic mass is 9.83. The van der Waals surface area contributed by atoms with E-state index in [2.05, 4.69) is 17.4 Å². The molecule has 4 rings (SSSR count). The van der Waals surface area contributed by atoms with Crippen LogP contribution in [0.4, 0.5) is 26.0 Å². The van der Waals surface area contributed by atoms with Crippen LogP contribution in [-0.2, 0) is 0 Å². The van der Waals surface area contributed by atoms with Crippen molar-refractivity contribution in [3.05, 3.63) is 54.1 Å². The van der Waals surface area contributed by atoms with E-state index in [4.69, 9.17) is 0 Å². The number of hydrogen-bond acceptors (Lipinski definition) is 3. The molecule has 3 N–H and O–H groups in total. The minimum atomic E-state index is 0.493. The molecule has 2 aromatic rings. The van der Waals surface area contributed by atoms with Crippen molar-refractivity contribution in [1.29, 1.82) is 0 Å². The minimum absolute atomic E-state index is 0.493. The number of anilines is 3. The van der Waals surface area contributed by atoms with Gasteiger partial charge in [0.15, 0.2) is 0 Å². The van der Waals surface area contributed by atoms with E-state index < -0.39 is 0 Å². The number of benzene rings is 2. The van der Waals surface area contributed by atoms with Crippen LogP contribution in [0.3, 0.4) is 0 Å². The molecule has 2 fully saturated rings. The van der Waals surface area contributed by atoms with Crippen molar-refractivity contribution in [3.8, 4) is 0 Å². The maximum atomic E-state index is 13.2. The molecule has 2 aliphatic rings. The highest BCUT2D eigenvalue weighted by Gasteiger charge is 2.19. The summed E-state index contributed by atoms with van der Waals surface area (Å²) in [6.07, 6.45) is 12.7. The summed E-state index contributed by atoms with van der Waals surface area (Å²) in [6.45, 7) is 0. The number of nitrogens with one attached hydrogen (secondary N) is 3. The topological polar surface area (TPSA) is 36.1 Å². The normalized spacial score (nSPS) is 17.7. The van der Waals surface area contributed by atoms with Crippen molar-refractivity contribution in [2.24, 2.45) is 0 Å². The minimum Gasteiger partial charge on any atom is -0.382 e. The largest absolute Gasteiger partial charge is 0.382 e. The zero-order valence-electron chi connectivity index (χ0n) is 17.1. The maximum absolute atomic E-state index is 13.2. The average molecular weight is 402 g/mol. The van der Waals surface area contributed by atoms with E-state index in [1.165, 1.54) is 69.7 Å². The van der Waals surface area contributed by atoms with Crippen LogP contribution in [-0.4, -0.2) is 6.04 Å². The Balaban J connectivity index is 0.000000252. The molecule has 2 aromatic carbocycles. The van der Waals surface area contributed by atoms with Crippen LogP contribution in [0, 0.1) is 0 Å². The van der Waals surface area contributed by atoms with Crippen LogP contribution >= 0.6 is 0 Å². The second-order valence-electron chi connectivity index (χ2n) is 8.17. The first-order valence-corrected chi connectivity index (χ1v) is 11.0. The molecule has 2 saturated carbocycles. The van der Waals surface area contributed by atoms with E-state index in [9.17, 15) is 8.96 Å². The summed E-state index contributed by atoms with van der Waals surface area (Å²) in [5.74, 6) is 0.528. The molecular formula is C24H33F2N3. The van der Waals surface area contributed by atoms with Crippen molar-refractivity contribution < 1.29 is 8.96 Å². The summed E-state index contributed by atoms with van der Waals surface area (Å²) in [5, 5.41) is 3.58. The summed E-state index contributed by atoms with van der Waals surface area (Å²) in [7, 11) is 0. The number of rotatable bonds is 5. The van der Waals surface area contributed by atoms with E-state index in [0.717, 1.165) is 11.3 Å².